The number of furan rings is 1. The van der Waals surface area contributed by atoms with Crippen molar-refractivity contribution >= 4 is 29.1 Å². The Morgan fingerprint density at radius 3 is 2.94 bits per heavy atom. The summed E-state index contributed by atoms with van der Waals surface area (Å²) in [6.45, 7) is 0.374. The minimum atomic E-state index is -0.742. The highest BCUT2D eigenvalue weighted by atomic mass is 16.6. The van der Waals surface area contributed by atoms with Crippen molar-refractivity contribution < 1.29 is 18.9 Å². The molecule has 3 N–H and O–H groups in total. The normalized spacial score (nSPS) is 15.2. The van der Waals surface area contributed by atoms with Crippen LogP contribution in [-0.2, 0) is 16.1 Å². The van der Waals surface area contributed by atoms with Gasteiger partial charge in [-0.05, 0) is 25.0 Å². The zero-order chi connectivity index (χ0) is 23.1. The molecule has 1 aliphatic rings. The van der Waals surface area contributed by atoms with Crippen molar-refractivity contribution in [2.45, 2.75) is 31.8 Å². The number of aromatic nitrogens is 2. The van der Waals surface area contributed by atoms with Gasteiger partial charge in [0.25, 0.3) is 0 Å². The topological polar surface area (TPSA) is 185 Å². The summed E-state index contributed by atoms with van der Waals surface area (Å²) in [6.07, 6.45) is 3.83. The van der Waals surface area contributed by atoms with E-state index < -0.39 is 22.8 Å². The van der Waals surface area contributed by atoms with Gasteiger partial charge in [0.05, 0.1) is 36.8 Å². The number of nitrogens with zero attached hydrogens (tertiary/aromatic N) is 6. The van der Waals surface area contributed by atoms with E-state index >= 15 is 0 Å². The average molecular weight is 442 g/mol. The number of rotatable bonds is 10. The van der Waals surface area contributed by atoms with Crippen molar-refractivity contribution in [2.75, 3.05) is 29.4 Å². The lowest BCUT2D eigenvalue weighted by molar-refractivity contribution is -0.383. The Hall–Kier alpha value is -4.21. The van der Waals surface area contributed by atoms with E-state index in [2.05, 4.69) is 15.3 Å². The average Bonchev–Trinajstić information content (AvgIpc) is 3.46. The Labute approximate surface area is 183 Å². The van der Waals surface area contributed by atoms with Crippen LogP contribution in [0.2, 0.25) is 0 Å². The number of primary amides is 1. The molecule has 0 bridgehead atoms. The molecule has 1 aliphatic heterocycles. The van der Waals surface area contributed by atoms with Crippen LogP contribution in [0, 0.1) is 21.4 Å². The third-order valence-corrected chi connectivity index (χ3v) is 4.95. The van der Waals surface area contributed by atoms with E-state index in [0.29, 0.717) is 25.1 Å². The highest BCUT2D eigenvalue weighted by Crippen LogP contribution is 2.38. The van der Waals surface area contributed by atoms with Crippen LogP contribution in [0.1, 0.15) is 25.0 Å². The van der Waals surface area contributed by atoms with Gasteiger partial charge in [0.2, 0.25) is 23.5 Å². The Morgan fingerprint density at radius 2 is 2.28 bits per heavy atom. The Kier molecular flexibility index (Phi) is 7.17. The lowest BCUT2D eigenvalue weighted by Gasteiger charge is -2.26. The standard InChI is InChI=1S/C19H22N8O5/c20-6-3-7-25(11-13-4-2-9-32-13)17-16(27(30)31)18(24-12-23-17)26-8-1-5-14(26)19(29)22-10-15(21)28/h2,4,9,12,14H,1,3,5,7-8,10-11H2,(H2,21,28)(H,22,29). The van der Waals surface area contributed by atoms with Gasteiger partial charge < -0.3 is 25.3 Å². The van der Waals surface area contributed by atoms with E-state index in [1.807, 2.05) is 6.07 Å². The minimum Gasteiger partial charge on any atom is -0.467 e. The van der Waals surface area contributed by atoms with E-state index in [1.54, 1.807) is 17.0 Å². The summed E-state index contributed by atoms with van der Waals surface area (Å²) in [5, 5.41) is 23.6. The highest BCUT2D eigenvalue weighted by molar-refractivity contribution is 5.90. The van der Waals surface area contributed by atoms with Crippen LogP contribution in [0.5, 0.6) is 0 Å². The fourth-order valence-electron chi connectivity index (χ4n) is 3.59. The second-order valence-electron chi connectivity index (χ2n) is 7.07. The molecule has 0 radical (unpaired) electrons. The van der Waals surface area contributed by atoms with Crippen LogP contribution in [0.3, 0.4) is 0 Å². The first-order valence-electron chi connectivity index (χ1n) is 9.88. The lowest BCUT2D eigenvalue weighted by atomic mass is 10.2. The maximum absolute atomic E-state index is 12.6. The number of amides is 2. The van der Waals surface area contributed by atoms with Gasteiger partial charge in [-0.1, -0.05) is 0 Å². The fraction of sp³-hybridized carbons (Fsp3) is 0.421. The summed E-state index contributed by atoms with van der Waals surface area (Å²) in [5.74, 6) is -0.591. The molecule has 0 aromatic carbocycles. The van der Waals surface area contributed by atoms with E-state index in [0.717, 1.165) is 0 Å². The van der Waals surface area contributed by atoms with E-state index in [9.17, 15) is 19.7 Å². The van der Waals surface area contributed by atoms with Gasteiger partial charge in [-0.25, -0.2) is 9.97 Å². The fourth-order valence-corrected chi connectivity index (χ4v) is 3.59. The van der Waals surface area contributed by atoms with Crippen LogP contribution in [-0.4, -0.2) is 52.4 Å². The molecule has 32 heavy (non-hydrogen) atoms. The molecule has 2 amide bonds. The van der Waals surface area contributed by atoms with Gasteiger partial charge in [0.1, 0.15) is 18.1 Å². The largest absolute Gasteiger partial charge is 0.467 e. The second kappa shape index (κ2) is 10.2. The van der Waals surface area contributed by atoms with Crippen molar-refractivity contribution in [3.8, 4) is 6.07 Å². The molecule has 3 rings (SSSR count). The van der Waals surface area contributed by atoms with Gasteiger partial charge >= 0.3 is 5.69 Å². The number of carbonyl (C=O) groups excluding carboxylic acids is 2. The third-order valence-electron chi connectivity index (χ3n) is 4.95. The Balaban J connectivity index is 1.97. The first-order chi connectivity index (χ1) is 15.4. The summed E-state index contributed by atoms with van der Waals surface area (Å²) in [7, 11) is 0. The molecule has 1 saturated heterocycles. The van der Waals surface area contributed by atoms with Gasteiger partial charge in [0.15, 0.2) is 0 Å². The molecule has 1 atom stereocenters. The molecule has 2 aromatic rings. The molecule has 1 fully saturated rings. The van der Waals surface area contributed by atoms with Crippen molar-refractivity contribution in [3.63, 3.8) is 0 Å². The number of nitrogens with two attached hydrogens (primary N) is 1. The summed E-state index contributed by atoms with van der Waals surface area (Å²) < 4.78 is 5.35. The van der Waals surface area contributed by atoms with Crippen molar-refractivity contribution in [2.24, 2.45) is 5.73 Å². The van der Waals surface area contributed by atoms with Gasteiger partial charge in [-0.15, -0.1) is 0 Å². The number of nitrogens with one attached hydrogen (secondary N) is 1. The molecule has 1 unspecified atom stereocenters. The predicted octanol–water partition coefficient (Wildman–Crippen LogP) is 0.468. The van der Waals surface area contributed by atoms with Crippen molar-refractivity contribution in [1.29, 1.82) is 5.26 Å². The van der Waals surface area contributed by atoms with E-state index in [4.69, 9.17) is 15.4 Å². The van der Waals surface area contributed by atoms with Gasteiger partial charge in [-0.3, -0.25) is 19.7 Å². The van der Waals surface area contributed by atoms with Gasteiger partial charge in [0, 0.05) is 13.1 Å². The molecule has 2 aromatic heterocycles. The Bertz CT molecular complexity index is 1020. The number of hydrogen-bond acceptors (Lipinski definition) is 10. The molecule has 13 heteroatoms. The molecule has 3 heterocycles. The monoisotopic (exact) mass is 442 g/mol. The zero-order valence-corrected chi connectivity index (χ0v) is 17.1. The van der Waals surface area contributed by atoms with Gasteiger partial charge in [-0.2, -0.15) is 5.26 Å². The SMILES string of the molecule is N#CCCN(Cc1ccco1)c1ncnc(N2CCCC2C(=O)NCC(N)=O)c1[N+](=O)[O-]. The number of carbonyl (C=O) groups is 2. The summed E-state index contributed by atoms with van der Waals surface area (Å²) in [6, 6.07) is 4.69. The van der Waals surface area contributed by atoms with Crippen LogP contribution in [0.15, 0.2) is 29.1 Å². The zero-order valence-electron chi connectivity index (χ0n) is 17.1. The highest BCUT2D eigenvalue weighted by Gasteiger charge is 2.38. The number of hydrogen-bond donors (Lipinski definition) is 2. The predicted molar refractivity (Wildman–Crippen MR) is 111 cm³/mol. The molecule has 13 nitrogen and oxygen atoms in total. The number of nitriles is 1. The summed E-state index contributed by atoms with van der Waals surface area (Å²) >= 11 is 0. The third kappa shape index (κ3) is 5.09. The molecule has 0 aliphatic carbocycles. The molecule has 0 spiro atoms. The van der Waals surface area contributed by atoms with Crippen LogP contribution < -0.4 is 20.9 Å². The quantitative estimate of drug-likeness (QED) is 0.387. The van der Waals surface area contributed by atoms with Crippen LogP contribution in [0.25, 0.3) is 0 Å². The number of nitro groups is 1. The minimum absolute atomic E-state index is 0.00173. The van der Waals surface area contributed by atoms with Crippen LogP contribution >= 0.6 is 0 Å². The maximum Gasteiger partial charge on any atom is 0.353 e. The summed E-state index contributed by atoms with van der Waals surface area (Å²) in [4.78, 5) is 46.4. The Morgan fingerprint density at radius 1 is 1.47 bits per heavy atom. The smallest absolute Gasteiger partial charge is 0.353 e. The second-order valence-corrected chi connectivity index (χ2v) is 7.07. The molecule has 168 valence electrons. The molecular formula is C19H22N8O5. The summed E-state index contributed by atoms with van der Waals surface area (Å²) in [5.41, 5.74) is 4.72. The number of anilines is 2. The van der Waals surface area contributed by atoms with Crippen molar-refractivity contribution in [3.05, 3.63) is 40.6 Å². The van der Waals surface area contributed by atoms with Crippen molar-refractivity contribution in [1.82, 2.24) is 15.3 Å². The first-order valence-corrected chi connectivity index (χ1v) is 9.88. The van der Waals surface area contributed by atoms with E-state index in [-0.39, 0.29) is 43.4 Å². The molecular weight excluding hydrogens is 420 g/mol. The van der Waals surface area contributed by atoms with Crippen LogP contribution in [0.4, 0.5) is 17.3 Å². The van der Waals surface area contributed by atoms with E-state index in [1.165, 1.54) is 17.5 Å². The maximum atomic E-state index is 12.6. The molecule has 0 saturated carbocycles. The lowest BCUT2D eigenvalue weighted by Crippen LogP contribution is -2.46. The first kappa shape index (κ1) is 22.5.